The lowest BCUT2D eigenvalue weighted by molar-refractivity contribution is -0.421. The van der Waals surface area contributed by atoms with Gasteiger partial charge >= 0.3 is 11.4 Å². The topological polar surface area (TPSA) is 172 Å². The van der Waals surface area contributed by atoms with Crippen molar-refractivity contribution in [2.75, 3.05) is 11.5 Å². The Kier molecular flexibility index (Phi) is 3.89. The maximum Gasteiger partial charge on any atom is 0.370 e. The molecule has 11 heteroatoms. The van der Waals surface area contributed by atoms with Gasteiger partial charge in [-0.3, -0.25) is 20.2 Å². The minimum absolute atomic E-state index is 0.172. The molecule has 0 aromatic heterocycles. The molecule has 0 aliphatic carbocycles. The average Bonchev–Trinajstić information content (AvgIpc) is 2.49. The zero-order valence-electron chi connectivity index (χ0n) is 11.4. The highest BCUT2D eigenvalue weighted by atomic mass is 32.2. The number of rotatable bonds is 4. The number of hydrogen-bond acceptors (Lipinski definition) is 8. The molecule has 4 N–H and O–H groups in total. The van der Waals surface area contributed by atoms with E-state index in [9.17, 15) is 28.6 Å². The first-order chi connectivity index (χ1) is 10.7. The normalized spacial score (nSPS) is 11.1. The van der Waals surface area contributed by atoms with Crippen LogP contribution in [0.15, 0.2) is 46.2 Å². The van der Waals surface area contributed by atoms with Crippen molar-refractivity contribution in [1.82, 2.24) is 0 Å². The third kappa shape index (κ3) is 2.64. The van der Waals surface area contributed by atoms with Crippen molar-refractivity contribution >= 4 is 32.6 Å². The van der Waals surface area contributed by atoms with E-state index in [1.807, 2.05) is 0 Å². The second-order valence-electron chi connectivity index (χ2n) is 4.40. The molecule has 0 unspecified atom stereocenters. The van der Waals surface area contributed by atoms with Crippen LogP contribution in [0.3, 0.4) is 0 Å². The molecular formula is C12H10N4O6S. The van der Waals surface area contributed by atoms with Crippen LogP contribution in [0.25, 0.3) is 0 Å². The molecule has 0 radical (unpaired) electrons. The van der Waals surface area contributed by atoms with E-state index in [0.29, 0.717) is 6.07 Å². The SMILES string of the molecule is Nc1c(S(=O)(=O)c2ccccc2)cc([N+](=O)[O-])c([N+](=O)[O-])c1N. The van der Waals surface area contributed by atoms with Crippen molar-refractivity contribution in [3.8, 4) is 0 Å². The van der Waals surface area contributed by atoms with Gasteiger partial charge in [0.05, 0.1) is 20.4 Å². The molecule has 10 nitrogen and oxygen atoms in total. The fourth-order valence-corrected chi connectivity index (χ4v) is 3.38. The second-order valence-corrected chi connectivity index (χ2v) is 6.32. The molecule has 120 valence electrons. The molecular weight excluding hydrogens is 328 g/mol. The molecule has 0 heterocycles. The van der Waals surface area contributed by atoms with Crippen molar-refractivity contribution in [3.05, 3.63) is 56.6 Å². The number of nitro groups is 2. The zero-order chi connectivity index (χ0) is 17.4. The van der Waals surface area contributed by atoms with Gasteiger partial charge in [0, 0.05) is 6.07 Å². The molecule has 0 aliphatic heterocycles. The average molecular weight is 338 g/mol. The second kappa shape index (κ2) is 5.53. The highest BCUT2D eigenvalue weighted by molar-refractivity contribution is 7.91. The summed E-state index contributed by atoms with van der Waals surface area (Å²) in [6, 6.07) is 7.55. The van der Waals surface area contributed by atoms with Crippen LogP contribution >= 0.6 is 0 Å². The van der Waals surface area contributed by atoms with E-state index in [1.165, 1.54) is 24.3 Å². The lowest BCUT2D eigenvalue weighted by Gasteiger charge is -2.10. The van der Waals surface area contributed by atoms with Crippen LogP contribution in [0.5, 0.6) is 0 Å². The van der Waals surface area contributed by atoms with Crippen molar-refractivity contribution in [3.63, 3.8) is 0 Å². The molecule has 2 aromatic carbocycles. The van der Waals surface area contributed by atoms with Gasteiger partial charge in [-0.1, -0.05) is 18.2 Å². The summed E-state index contributed by atoms with van der Waals surface area (Å²) in [6.07, 6.45) is 0. The number of anilines is 2. The van der Waals surface area contributed by atoms with Gasteiger partial charge < -0.3 is 11.5 Å². The Morgan fingerprint density at radius 1 is 0.913 bits per heavy atom. The molecule has 0 bridgehead atoms. The first-order valence-electron chi connectivity index (χ1n) is 5.98. The predicted molar refractivity (Wildman–Crippen MR) is 80.5 cm³/mol. The fraction of sp³-hybridized carbons (Fsp3) is 0. The van der Waals surface area contributed by atoms with Gasteiger partial charge in [-0.2, -0.15) is 0 Å². The van der Waals surface area contributed by atoms with Crippen LogP contribution in [0.1, 0.15) is 0 Å². The standard InChI is InChI=1S/C12H10N4O6S/c13-10-9(23(21,22)7-4-2-1-3-5-7)6-8(15(17)18)12(11(10)14)16(19)20/h1-6H,13-14H2. The predicted octanol–water partition coefficient (Wildman–Crippen LogP) is 1.50. The van der Waals surface area contributed by atoms with Crippen molar-refractivity contribution < 1.29 is 18.3 Å². The minimum atomic E-state index is -4.22. The Balaban J connectivity index is 2.85. The van der Waals surface area contributed by atoms with E-state index in [2.05, 4.69) is 0 Å². The molecule has 2 aromatic rings. The van der Waals surface area contributed by atoms with Crippen LogP contribution in [0.4, 0.5) is 22.7 Å². The van der Waals surface area contributed by atoms with E-state index < -0.39 is 47.3 Å². The molecule has 2 rings (SSSR count). The highest BCUT2D eigenvalue weighted by Gasteiger charge is 2.35. The first kappa shape index (κ1) is 16.2. The van der Waals surface area contributed by atoms with Crippen LogP contribution in [0.2, 0.25) is 0 Å². The summed E-state index contributed by atoms with van der Waals surface area (Å²) < 4.78 is 25.1. The fourth-order valence-electron chi connectivity index (χ4n) is 1.95. The van der Waals surface area contributed by atoms with Crippen molar-refractivity contribution in [2.45, 2.75) is 9.79 Å². The van der Waals surface area contributed by atoms with Gasteiger partial charge in [-0.15, -0.1) is 0 Å². The van der Waals surface area contributed by atoms with E-state index in [4.69, 9.17) is 11.5 Å². The molecule has 0 spiro atoms. The summed E-state index contributed by atoms with van der Waals surface area (Å²) >= 11 is 0. The Morgan fingerprint density at radius 2 is 1.48 bits per heavy atom. The smallest absolute Gasteiger partial charge is 0.370 e. The quantitative estimate of drug-likeness (QED) is 0.479. The summed E-state index contributed by atoms with van der Waals surface area (Å²) in [6.45, 7) is 0. The third-order valence-electron chi connectivity index (χ3n) is 3.04. The van der Waals surface area contributed by atoms with E-state index in [-0.39, 0.29) is 4.90 Å². The summed E-state index contributed by atoms with van der Waals surface area (Å²) in [5.41, 5.74) is 7.59. The molecule has 0 atom stereocenters. The van der Waals surface area contributed by atoms with Gasteiger partial charge in [0.2, 0.25) is 9.84 Å². The molecule has 23 heavy (non-hydrogen) atoms. The van der Waals surface area contributed by atoms with Crippen LogP contribution in [0, 0.1) is 20.2 Å². The molecule has 0 saturated carbocycles. The number of nitrogens with two attached hydrogens (primary N) is 2. The maximum atomic E-state index is 12.5. The maximum absolute atomic E-state index is 12.5. The monoisotopic (exact) mass is 338 g/mol. The molecule has 0 fully saturated rings. The molecule has 0 aliphatic rings. The zero-order valence-corrected chi connectivity index (χ0v) is 12.2. The third-order valence-corrected chi connectivity index (χ3v) is 4.85. The summed E-state index contributed by atoms with van der Waals surface area (Å²) in [5.74, 6) is 0. The number of sulfone groups is 1. The lowest BCUT2D eigenvalue weighted by Crippen LogP contribution is -2.11. The summed E-state index contributed by atoms with van der Waals surface area (Å²) in [7, 11) is -4.22. The van der Waals surface area contributed by atoms with Crippen LogP contribution < -0.4 is 11.5 Å². The molecule has 0 saturated heterocycles. The van der Waals surface area contributed by atoms with Gasteiger partial charge in [0.1, 0.15) is 10.6 Å². The van der Waals surface area contributed by atoms with Gasteiger partial charge in [-0.25, -0.2) is 8.42 Å². The summed E-state index contributed by atoms with van der Waals surface area (Å²) in [4.78, 5) is 19.0. The Labute approximate surface area is 129 Å². The Hall–Kier alpha value is -3.21. The number of benzene rings is 2. The van der Waals surface area contributed by atoms with Crippen molar-refractivity contribution in [2.24, 2.45) is 0 Å². The molecule has 0 amide bonds. The lowest BCUT2D eigenvalue weighted by atomic mass is 10.2. The van der Waals surface area contributed by atoms with Crippen LogP contribution in [-0.4, -0.2) is 18.3 Å². The van der Waals surface area contributed by atoms with E-state index in [0.717, 1.165) is 0 Å². The number of nitrogen functional groups attached to an aromatic ring is 2. The van der Waals surface area contributed by atoms with Gasteiger partial charge in [-0.05, 0) is 12.1 Å². The van der Waals surface area contributed by atoms with E-state index in [1.54, 1.807) is 6.07 Å². The summed E-state index contributed by atoms with van der Waals surface area (Å²) in [5, 5.41) is 22.0. The van der Waals surface area contributed by atoms with Gasteiger partial charge in [0.15, 0.2) is 0 Å². The Morgan fingerprint density at radius 3 is 1.96 bits per heavy atom. The Bertz CT molecular complexity index is 911. The number of hydrogen-bond donors (Lipinski definition) is 2. The number of nitrogens with zero attached hydrogens (tertiary/aromatic N) is 2. The van der Waals surface area contributed by atoms with Crippen LogP contribution in [-0.2, 0) is 9.84 Å². The highest BCUT2D eigenvalue weighted by Crippen LogP contribution is 2.42. The number of nitro benzene ring substituents is 2. The van der Waals surface area contributed by atoms with Gasteiger partial charge in [0.25, 0.3) is 0 Å². The first-order valence-corrected chi connectivity index (χ1v) is 7.47. The largest absolute Gasteiger partial charge is 0.396 e. The van der Waals surface area contributed by atoms with E-state index >= 15 is 0 Å². The minimum Gasteiger partial charge on any atom is -0.396 e. The van der Waals surface area contributed by atoms with Crippen molar-refractivity contribution in [1.29, 1.82) is 0 Å².